The molecule has 0 spiro atoms. The van der Waals surface area contributed by atoms with Crippen molar-refractivity contribution in [3.05, 3.63) is 53.8 Å². The van der Waals surface area contributed by atoms with Crippen LogP contribution in [0.3, 0.4) is 0 Å². The minimum atomic E-state index is -0.468. The number of halogens is 1. The molecule has 0 saturated heterocycles. The molecule has 0 amide bonds. The van der Waals surface area contributed by atoms with Crippen LogP contribution in [0.2, 0.25) is 0 Å². The van der Waals surface area contributed by atoms with Crippen LogP contribution in [0.5, 0.6) is 0 Å². The van der Waals surface area contributed by atoms with Crippen LogP contribution in [0.15, 0.2) is 42.5 Å². The number of ether oxygens (including phenoxy) is 1. The molecule has 2 aromatic carbocycles. The summed E-state index contributed by atoms with van der Waals surface area (Å²) in [7, 11) is 1.76. The molecule has 0 fully saturated rings. The van der Waals surface area contributed by atoms with Crippen LogP contribution in [-0.4, -0.2) is 19.6 Å². The van der Waals surface area contributed by atoms with E-state index in [1.165, 1.54) is 12.1 Å². The lowest BCUT2D eigenvalue weighted by molar-refractivity contribution is 0.0527. The van der Waals surface area contributed by atoms with Crippen molar-refractivity contribution in [3.8, 4) is 0 Å². The van der Waals surface area contributed by atoms with Crippen molar-refractivity contribution in [2.45, 2.75) is 6.92 Å². The van der Waals surface area contributed by atoms with Crippen molar-refractivity contribution in [2.75, 3.05) is 24.3 Å². The zero-order valence-corrected chi connectivity index (χ0v) is 12.0. The SMILES string of the molecule is CCOC(=O)c1cccc(N(C)c2cccc(F)c2)c1N. The number of rotatable bonds is 4. The number of esters is 1. The number of nitrogens with zero attached hydrogens (tertiary/aromatic N) is 1. The summed E-state index contributed by atoms with van der Waals surface area (Å²) in [5.41, 5.74) is 7.92. The van der Waals surface area contributed by atoms with Gasteiger partial charge in [-0.1, -0.05) is 12.1 Å². The van der Waals surface area contributed by atoms with Gasteiger partial charge in [0.25, 0.3) is 0 Å². The number of benzene rings is 2. The molecule has 0 bridgehead atoms. The Hall–Kier alpha value is -2.56. The van der Waals surface area contributed by atoms with Crippen molar-refractivity contribution < 1.29 is 13.9 Å². The van der Waals surface area contributed by atoms with Gasteiger partial charge in [-0.3, -0.25) is 0 Å². The molecule has 0 aromatic heterocycles. The first-order valence-corrected chi connectivity index (χ1v) is 6.59. The number of para-hydroxylation sites is 1. The molecule has 0 unspecified atom stereocenters. The summed E-state index contributed by atoms with van der Waals surface area (Å²) in [5.74, 6) is -0.802. The van der Waals surface area contributed by atoms with E-state index in [1.54, 1.807) is 49.2 Å². The molecule has 0 aliphatic heterocycles. The second-order valence-electron chi connectivity index (χ2n) is 4.50. The monoisotopic (exact) mass is 288 g/mol. The summed E-state index contributed by atoms with van der Waals surface area (Å²) in [6.45, 7) is 2.01. The van der Waals surface area contributed by atoms with Gasteiger partial charge in [0.05, 0.1) is 23.5 Å². The summed E-state index contributed by atoms with van der Waals surface area (Å²) >= 11 is 0. The molecule has 21 heavy (non-hydrogen) atoms. The molecule has 0 radical (unpaired) electrons. The number of nitrogens with two attached hydrogens (primary N) is 1. The second-order valence-corrected chi connectivity index (χ2v) is 4.50. The van der Waals surface area contributed by atoms with Crippen LogP contribution in [0.1, 0.15) is 17.3 Å². The third kappa shape index (κ3) is 3.13. The topological polar surface area (TPSA) is 55.6 Å². The molecule has 110 valence electrons. The largest absolute Gasteiger partial charge is 0.462 e. The van der Waals surface area contributed by atoms with Gasteiger partial charge in [0.1, 0.15) is 5.82 Å². The Bertz CT molecular complexity index is 658. The highest BCUT2D eigenvalue weighted by Gasteiger charge is 2.16. The van der Waals surface area contributed by atoms with Crippen LogP contribution in [0, 0.1) is 5.82 Å². The van der Waals surface area contributed by atoms with Gasteiger partial charge in [0, 0.05) is 12.7 Å². The molecule has 0 aliphatic rings. The Balaban J connectivity index is 2.40. The maximum atomic E-state index is 13.3. The normalized spacial score (nSPS) is 10.2. The number of carbonyl (C=O) groups excluding carboxylic acids is 1. The fraction of sp³-hybridized carbons (Fsp3) is 0.188. The molecular weight excluding hydrogens is 271 g/mol. The summed E-state index contributed by atoms with van der Waals surface area (Å²) < 4.78 is 18.3. The van der Waals surface area contributed by atoms with Crippen LogP contribution in [-0.2, 0) is 4.74 Å². The first-order valence-electron chi connectivity index (χ1n) is 6.59. The molecule has 0 heterocycles. The highest BCUT2D eigenvalue weighted by Crippen LogP contribution is 2.31. The van der Waals surface area contributed by atoms with E-state index in [0.717, 1.165) is 0 Å². The van der Waals surface area contributed by atoms with Gasteiger partial charge in [0.15, 0.2) is 0 Å². The van der Waals surface area contributed by atoms with E-state index >= 15 is 0 Å². The van der Waals surface area contributed by atoms with Crippen molar-refractivity contribution in [1.29, 1.82) is 0 Å². The van der Waals surface area contributed by atoms with Gasteiger partial charge >= 0.3 is 5.97 Å². The Morgan fingerprint density at radius 2 is 2.00 bits per heavy atom. The van der Waals surface area contributed by atoms with E-state index in [9.17, 15) is 9.18 Å². The third-order valence-corrected chi connectivity index (χ3v) is 3.14. The summed E-state index contributed by atoms with van der Waals surface area (Å²) in [6.07, 6.45) is 0. The highest BCUT2D eigenvalue weighted by atomic mass is 19.1. The zero-order valence-electron chi connectivity index (χ0n) is 12.0. The molecule has 0 atom stereocenters. The number of hydrogen-bond donors (Lipinski definition) is 1. The fourth-order valence-corrected chi connectivity index (χ4v) is 2.06. The molecule has 0 aliphatic carbocycles. The average Bonchev–Trinajstić information content (AvgIpc) is 2.47. The summed E-state index contributed by atoms with van der Waals surface area (Å²) in [5, 5.41) is 0. The van der Waals surface area contributed by atoms with Gasteiger partial charge in [-0.25, -0.2) is 9.18 Å². The first-order chi connectivity index (χ1) is 10.0. The van der Waals surface area contributed by atoms with Crippen LogP contribution in [0.4, 0.5) is 21.5 Å². The number of nitrogen functional groups attached to an aromatic ring is 1. The Morgan fingerprint density at radius 3 is 2.67 bits per heavy atom. The van der Waals surface area contributed by atoms with Crippen LogP contribution >= 0.6 is 0 Å². The standard InChI is InChI=1S/C16H17FN2O2/c1-3-21-16(20)13-8-5-9-14(15(13)18)19(2)12-7-4-6-11(17)10-12/h4-10H,3,18H2,1-2H3. The zero-order chi connectivity index (χ0) is 15.4. The minimum Gasteiger partial charge on any atom is -0.462 e. The van der Waals surface area contributed by atoms with E-state index in [2.05, 4.69) is 0 Å². The van der Waals surface area contributed by atoms with Crippen molar-refractivity contribution in [2.24, 2.45) is 0 Å². The maximum absolute atomic E-state index is 13.3. The molecule has 4 nitrogen and oxygen atoms in total. The van der Waals surface area contributed by atoms with Gasteiger partial charge in [0.2, 0.25) is 0 Å². The maximum Gasteiger partial charge on any atom is 0.340 e. The number of hydrogen-bond acceptors (Lipinski definition) is 4. The highest BCUT2D eigenvalue weighted by molar-refractivity contribution is 5.99. The molecule has 2 rings (SSSR count). The van der Waals surface area contributed by atoms with E-state index < -0.39 is 5.97 Å². The number of anilines is 3. The average molecular weight is 288 g/mol. The predicted molar refractivity (Wildman–Crippen MR) is 81.3 cm³/mol. The second kappa shape index (κ2) is 6.26. The molecule has 5 heteroatoms. The first kappa shape index (κ1) is 14.8. The van der Waals surface area contributed by atoms with Crippen LogP contribution < -0.4 is 10.6 Å². The van der Waals surface area contributed by atoms with Crippen molar-refractivity contribution in [1.82, 2.24) is 0 Å². The van der Waals surface area contributed by atoms with E-state index in [0.29, 0.717) is 22.6 Å². The van der Waals surface area contributed by atoms with Gasteiger partial charge in [-0.15, -0.1) is 0 Å². The van der Waals surface area contributed by atoms with Crippen molar-refractivity contribution in [3.63, 3.8) is 0 Å². The molecule has 2 N–H and O–H groups in total. The smallest absolute Gasteiger partial charge is 0.340 e. The van der Waals surface area contributed by atoms with E-state index in [1.807, 2.05) is 0 Å². The van der Waals surface area contributed by atoms with E-state index in [4.69, 9.17) is 10.5 Å². The summed E-state index contributed by atoms with van der Waals surface area (Å²) in [6, 6.07) is 11.2. The van der Waals surface area contributed by atoms with E-state index in [-0.39, 0.29) is 12.4 Å². The van der Waals surface area contributed by atoms with Gasteiger partial charge in [-0.2, -0.15) is 0 Å². The Labute approximate surface area is 122 Å². The lowest BCUT2D eigenvalue weighted by Crippen LogP contribution is -2.15. The van der Waals surface area contributed by atoms with Gasteiger partial charge < -0.3 is 15.4 Å². The lowest BCUT2D eigenvalue weighted by Gasteiger charge is -2.22. The van der Waals surface area contributed by atoms with Crippen molar-refractivity contribution >= 4 is 23.0 Å². The molecule has 2 aromatic rings. The minimum absolute atomic E-state index is 0.280. The summed E-state index contributed by atoms with van der Waals surface area (Å²) in [4.78, 5) is 13.6. The third-order valence-electron chi connectivity index (χ3n) is 3.14. The Morgan fingerprint density at radius 1 is 1.29 bits per heavy atom. The number of carbonyl (C=O) groups is 1. The molecule has 0 saturated carbocycles. The Kier molecular flexibility index (Phi) is 4.42. The predicted octanol–water partition coefficient (Wildman–Crippen LogP) is 3.35. The fourth-order valence-electron chi connectivity index (χ4n) is 2.06. The lowest BCUT2D eigenvalue weighted by atomic mass is 10.1. The quantitative estimate of drug-likeness (QED) is 0.692. The molecular formula is C16H17FN2O2. The van der Waals surface area contributed by atoms with Gasteiger partial charge in [-0.05, 0) is 37.3 Å². The van der Waals surface area contributed by atoms with Crippen LogP contribution in [0.25, 0.3) is 0 Å².